The highest BCUT2D eigenvalue weighted by molar-refractivity contribution is 6.01. The second-order valence-electron chi connectivity index (χ2n) is 4.91. The van der Waals surface area contributed by atoms with E-state index in [0.29, 0.717) is 5.56 Å². The molecule has 106 valence electrons. The maximum Gasteiger partial charge on any atom is 0.509 e. The molecule has 0 radical (unpaired) electrons. The number of hydrogen-bond acceptors (Lipinski definition) is 4. The highest BCUT2D eigenvalue weighted by Crippen LogP contribution is 2.33. The molecule has 2 aromatic carbocycles. The summed E-state index contributed by atoms with van der Waals surface area (Å²) in [4.78, 5) is 24.0. The Morgan fingerprint density at radius 3 is 2.33 bits per heavy atom. The zero-order valence-electron chi connectivity index (χ0n) is 11.5. The predicted molar refractivity (Wildman–Crippen MR) is 76.0 cm³/mol. The summed E-state index contributed by atoms with van der Waals surface area (Å²) in [6.45, 7) is 1.91. The summed E-state index contributed by atoms with van der Waals surface area (Å²) in [5, 5.41) is 0. The maximum atomic E-state index is 12.5. The van der Waals surface area contributed by atoms with E-state index in [1.807, 2.05) is 37.3 Å². The Bertz CT molecular complexity index is 678. The number of aryl methyl sites for hydroxylation is 1. The van der Waals surface area contributed by atoms with Gasteiger partial charge in [0.1, 0.15) is 0 Å². The Kier molecular flexibility index (Phi) is 3.44. The largest absolute Gasteiger partial charge is 0.509 e. The first kappa shape index (κ1) is 13.4. The zero-order valence-corrected chi connectivity index (χ0v) is 11.5. The maximum absolute atomic E-state index is 12.5. The normalized spacial score (nSPS) is 20.7. The lowest BCUT2D eigenvalue weighted by Gasteiger charge is -2.16. The molecule has 0 amide bonds. The van der Waals surface area contributed by atoms with Crippen LogP contribution >= 0.6 is 0 Å². The number of carbonyl (C=O) groups is 2. The smallest absolute Gasteiger partial charge is 0.422 e. The predicted octanol–water partition coefficient (Wildman–Crippen LogP) is 3.45. The van der Waals surface area contributed by atoms with Crippen molar-refractivity contribution in [2.24, 2.45) is 0 Å². The summed E-state index contributed by atoms with van der Waals surface area (Å²) >= 11 is 0. The van der Waals surface area contributed by atoms with Gasteiger partial charge >= 0.3 is 6.16 Å². The first-order valence-corrected chi connectivity index (χ1v) is 6.69. The Morgan fingerprint density at radius 1 is 0.952 bits per heavy atom. The van der Waals surface area contributed by atoms with Crippen LogP contribution in [0.1, 0.15) is 27.6 Å². The van der Waals surface area contributed by atoms with Crippen molar-refractivity contribution < 1.29 is 19.1 Å². The van der Waals surface area contributed by atoms with Gasteiger partial charge in [0.25, 0.3) is 0 Å². The van der Waals surface area contributed by atoms with Crippen LogP contribution in [-0.4, -0.2) is 18.0 Å². The van der Waals surface area contributed by atoms with Crippen LogP contribution in [0.15, 0.2) is 54.6 Å². The van der Waals surface area contributed by atoms with Crippen LogP contribution in [0.4, 0.5) is 4.79 Å². The minimum absolute atomic E-state index is 0.255. The van der Waals surface area contributed by atoms with Gasteiger partial charge in [-0.3, -0.25) is 4.79 Å². The van der Waals surface area contributed by atoms with Gasteiger partial charge in [0, 0.05) is 5.56 Å². The van der Waals surface area contributed by atoms with Crippen molar-refractivity contribution in [1.29, 1.82) is 0 Å². The van der Waals surface area contributed by atoms with E-state index in [-0.39, 0.29) is 5.78 Å². The molecule has 0 saturated carbocycles. The lowest BCUT2D eigenvalue weighted by atomic mass is 9.95. The van der Waals surface area contributed by atoms with Crippen LogP contribution in [-0.2, 0) is 9.47 Å². The molecule has 1 saturated heterocycles. The van der Waals surface area contributed by atoms with Crippen LogP contribution in [0, 0.1) is 6.92 Å². The average molecular weight is 282 g/mol. The summed E-state index contributed by atoms with van der Waals surface area (Å²) in [5.74, 6) is -0.255. The lowest BCUT2D eigenvalue weighted by molar-refractivity contribution is 0.0715. The van der Waals surface area contributed by atoms with E-state index in [0.717, 1.165) is 11.1 Å². The monoisotopic (exact) mass is 282 g/mol. The molecule has 4 heteroatoms. The van der Waals surface area contributed by atoms with Gasteiger partial charge in [-0.2, -0.15) is 0 Å². The zero-order chi connectivity index (χ0) is 14.8. The summed E-state index contributed by atoms with van der Waals surface area (Å²) in [7, 11) is 0. The number of hydrogen-bond donors (Lipinski definition) is 0. The van der Waals surface area contributed by atoms with Gasteiger partial charge in [-0.25, -0.2) is 4.79 Å². The van der Waals surface area contributed by atoms with Crippen molar-refractivity contribution in [3.8, 4) is 0 Å². The van der Waals surface area contributed by atoms with E-state index >= 15 is 0 Å². The third-order valence-corrected chi connectivity index (χ3v) is 3.53. The summed E-state index contributed by atoms with van der Waals surface area (Å²) in [6.07, 6.45) is -2.45. The number of ether oxygens (including phenoxy) is 2. The van der Waals surface area contributed by atoms with Gasteiger partial charge in [0.05, 0.1) is 0 Å². The standard InChI is InChI=1S/C17H14O4/c1-11-7-5-6-10-13(11)15-16(21-17(19)20-15)14(18)12-8-3-2-4-9-12/h2-10,15-16H,1H3/t15-,16-/m0/s1. The molecule has 0 N–H and O–H groups in total. The molecule has 1 aliphatic heterocycles. The molecule has 0 unspecified atom stereocenters. The average Bonchev–Trinajstić information content (AvgIpc) is 2.89. The van der Waals surface area contributed by atoms with Gasteiger partial charge in [-0.05, 0) is 18.1 Å². The number of benzene rings is 2. The van der Waals surface area contributed by atoms with Crippen LogP contribution < -0.4 is 0 Å². The van der Waals surface area contributed by atoms with Crippen molar-refractivity contribution in [2.45, 2.75) is 19.1 Å². The molecular weight excluding hydrogens is 268 g/mol. The molecule has 3 rings (SSSR count). The van der Waals surface area contributed by atoms with Gasteiger partial charge < -0.3 is 9.47 Å². The van der Waals surface area contributed by atoms with E-state index in [4.69, 9.17) is 9.47 Å². The SMILES string of the molecule is Cc1ccccc1[C@@H]1OC(=O)O[C@H]1C(=O)c1ccccc1. The number of Topliss-reactive ketones (excluding diaryl/α,β-unsaturated/α-hetero) is 1. The molecule has 1 fully saturated rings. The van der Waals surface area contributed by atoms with Crippen molar-refractivity contribution >= 4 is 11.9 Å². The summed E-state index contributed by atoms with van der Waals surface area (Å²) in [5.41, 5.74) is 2.24. The molecule has 2 aromatic rings. The van der Waals surface area contributed by atoms with Crippen molar-refractivity contribution in [2.75, 3.05) is 0 Å². The first-order chi connectivity index (χ1) is 10.2. The third kappa shape index (κ3) is 2.52. The fourth-order valence-electron chi connectivity index (χ4n) is 2.45. The fraction of sp³-hybridized carbons (Fsp3) is 0.176. The highest BCUT2D eigenvalue weighted by atomic mass is 16.8. The van der Waals surface area contributed by atoms with Gasteiger partial charge in [0.15, 0.2) is 6.10 Å². The fourth-order valence-corrected chi connectivity index (χ4v) is 2.45. The second kappa shape index (κ2) is 5.40. The molecule has 0 bridgehead atoms. The van der Waals surface area contributed by atoms with Gasteiger partial charge in [-0.1, -0.05) is 54.6 Å². The third-order valence-electron chi connectivity index (χ3n) is 3.53. The lowest BCUT2D eigenvalue weighted by Crippen LogP contribution is -2.26. The molecule has 0 aliphatic carbocycles. The molecule has 1 heterocycles. The highest BCUT2D eigenvalue weighted by Gasteiger charge is 2.43. The molecule has 2 atom stereocenters. The van der Waals surface area contributed by atoms with Crippen LogP contribution in [0.5, 0.6) is 0 Å². The minimum atomic E-state index is -0.944. The van der Waals surface area contributed by atoms with Crippen LogP contribution in [0.25, 0.3) is 0 Å². The first-order valence-electron chi connectivity index (χ1n) is 6.69. The molecule has 4 nitrogen and oxygen atoms in total. The van der Waals surface area contributed by atoms with E-state index in [1.165, 1.54) is 0 Å². The Balaban J connectivity index is 1.95. The number of carbonyl (C=O) groups excluding carboxylic acids is 2. The molecular formula is C17H14O4. The summed E-state index contributed by atoms with van der Waals surface area (Å²) in [6, 6.07) is 16.3. The Morgan fingerprint density at radius 2 is 1.62 bits per heavy atom. The van der Waals surface area contributed by atoms with Crippen LogP contribution in [0.2, 0.25) is 0 Å². The molecule has 1 aliphatic rings. The second-order valence-corrected chi connectivity index (χ2v) is 4.91. The van der Waals surface area contributed by atoms with E-state index in [2.05, 4.69) is 0 Å². The topological polar surface area (TPSA) is 52.6 Å². The quantitative estimate of drug-likeness (QED) is 0.639. The van der Waals surface area contributed by atoms with Crippen LogP contribution in [0.3, 0.4) is 0 Å². The van der Waals surface area contributed by atoms with Crippen molar-refractivity contribution in [3.05, 3.63) is 71.3 Å². The number of rotatable bonds is 3. The van der Waals surface area contributed by atoms with E-state index in [1.54, 1.807) is 24.3 Å². The molecule has 21 heavy (non-hydrogen) atoms. The van der Waals surface area contributed by atoms with Crippen molar-refractivity contribution in [3.63, 3.8) is 0 Å². The Hall–Kier alpha value is -2.62. The minimum Gasteiger partial charge on any atom is -0.422 e. The number of cyclic esters (lactones) is 2. The number of ketones is 1. The molecule has 0 aromatic heterocycles. The van der Waals surface area contributed by atoms with Crippen molar-refractivity contribution in [1.82, 2.24) is 0 Å². The van der Waals surface area contributed by atoms with Gasteiger partial charge in [0.2, 0.25) is 11.9 Å². The van der Waals surface area contributed by atoms with E-state index < -0.39 is 18.4 Å². The summed E-state index contributed by atoms with van der Waals surface area (Å²) < 4.78 is 10.3. The molecule has 0 spiro atoms. The Labute approximate surface area is 122 Å². The van der Waals surface area contributed by atoms with E-state index in [9.17, 15) is 9.59 Å². The van der Waals surface area contributed by atoms with Gasteiger partial charge in [-0.15, -0.1) is 0 Å².